The van der Waals surface area contributed by atoms with Crippen molar-refractivity contribution >= 4 is 23.0 Å². The standard InChI is InChI=1S/C28H35N5O4/c1-4-21(18-12-7-5-8-13-18)29-23-24(28(37)33(31-26(23)35)19-14-9-6-10-15-19)30-22-17-11-16-20(25(22)34)27(36)32(2)3/h5,7-8,11-13,16-17,19,21,29-30,34H,4,6,9-10,14-15H2,1-3H3,(H,31,35). The summed E-state index contributed by atoms with van der Waals surface area (Å²) < 4.78 is 1.42. The number of amides is 1. The molecule has 1 aliphatic rings. The van der Waals surface area contributed by atoms with E-state index in [4.69, 9.17) is 0 Å². The Labute approximate surface area is 216 Å². The van der Waals surface area contributed by atoms with Gasteiger partial charge in [0.1, 0.15) is 11.4 Å². The molecule has 9 nitrogen and oxygen atoms in total. The number of nitrogens with zero attached hydrogens (tertiary/aromatic N) is 2. The summed E-state index contributed by atoms with van der Waals surface area (Å²) in [7, 11) is 3.19. The van der Waals surface area contributed by atoms with Gasteiger partial charge in [0.2, 0.25) is 0 Å². The first-order chi connectivity index (χ1) is 17.8. The molecule has 37 heavy (non-hydrogen) atoms. The highest BCUT2D eigenvalue weighted by Gasteiger charge is 2.25. The van der Waals surface area contributed by atoms with Crippen LogP contribution in [0, 0.1) is 0 Å². The average molecular weight is 506 g/mol. The number of hydrogen-bond acceptors (Lipinski definition) is 6. The molecule has 0 saturated heterocycles. The van der Waals surface area contributed by atoms with Crippen LogP contribution < -0.4 is 21.8 Å². The van der Waals surface area contributed by atoms with Gasteiger partial charge in [-0.15, -0.1) is 0 Å². The van der Waals surface area contributed by atoms with E-state index in [2.05, 4.69) is 15.7 Å². The molecule has 1 fully saturated rings. The predicted octanol–water partition coefficient (Wildman–Crippen LogP) is 4.76. The zero-order valence-electron chi connectivity index (χ0n) is 21.6. The molecule has 4 rings (SSSR count). The van der Waals surface area contributed by atoms with Crippen LogP contribution in [0.2, 0.25) is 0 Å². The van der Waals surface area contributed by atoms with Crippen molar-refractivity contribution in [3.8, 4) is 5.75 Å². The highest BCUT2D eigenvalue weighted by atomic mass is 16.3. The van der Waals surface area contributed by atoms with Gasteiger partial charge in [-0.25, -0.2) is 4.68 Å². The van der Waals surface area contributed by atoms with Gasteiger partial charge in [-0.3, -0.25) is 19.5 Å². The van der Waals surface area contributed by atoms with E-state index in [1.165, 1.54) is 15.6 Å². The lowest BCUT2D eigenvalue weighted by Gasteiger charge is -2.26. The number of aromatic nitrogens is 2. The SMILES string of the molecule is CCC(Nc1c(Nc2cccc(C(=O)N(C)C)c2O)c(=O)n(C2CCCCC2)[nH]c1=O)c1ccccc1. The topological polar surface area (TPSA) is 119 Å². The summed E-state index contributed by atoms with van der Waals surface area (Å²) >= 11 is 0. The molecule has 1 aromatic heterocycles. The minimum Gasteiger partial charge on any atom is -0.505 e. The lowest BCUT2D eigenvalue weighted by molar-refractivity contribution is 0.0824. The number of carbonyl (C=O) groups is 1. The fraction of sp³-hybridized carbons (Fsp3) is 0.393. The van der Waals surface area contributed by atoms with Crippen molar-refractivity contribution in [2.24, 2.45) is 0 Å². The van der Waals surface area contributed by atoms with E-state index in [0.29, 0.717) is 6.42 Å². The Morgan fingerprint density at radius 1 is 1.05 bits per heavy atom. The second-order valence-electron chi connectivity index (χ2n) is 9.70. The zero-order valence-corrected chi connectivity index (χ0v) is 21.6. The van der Waals surface area contributed by atoms with E-state index >= 15 is 0 Å². The van der Waals surface area contributed by atoms with Gasteiger partial charge in [-0.05, 0) is 37.0 Å². The molecule has 9 heteroatoms. The Bertz CT molecular complexity index is 1360. The molecule has 0 aliphatic heterocycles. The molecule has 0 bridgehead atoms. The third-order valence-corrected chi connectivity index (χ3v) is 6.93. The van der Waals surface area contributed by atoms with Crippen LogP contribution in [0.4, 0.5) is 17.1 Å². The largest absolute Gasteiger partial charge is 0.505 e. The second kappa shape index (κ2) is 11.4. The van der Waals surface area contributed by atoms with Crippen molar-refractivity contribution in [2.75, 3.05) is 24.7 Å². The molecule has 1 saturated carbocycles. The summed E-state index contributed by atoms with van der Waals surface area (Å²) in [6.45, 7) is 2.00. The van der Waals surface area contributed by atoms with Crippen LogP contribution >= 0.6 is 0 Å². The van der Waals surface area contributed by atoms with E-state index < -0.39 is 5.56 Å². The summed E-state index contributed by atoms with van der Waals surface area (Å²) in [4.78, 5) is 41.2. The Balaban J connectivity index is 1.83. The van der Waals surface area contributed by atoms with Crippen molar-refractivity contribution in [3.05, 3.63) is 80.4 Å². The number of nitrogens with one attached hydrogen (secondary N) is 3. The number of phenolic OH excluding ortho intramolecular Hbond substituents is 1. The van der Waals surface area contributed by atoms with Crippen molar-refractivity contribution in [2.45, 2.75) is 57.5 Å². The number of phenols is 1. The van der Waals surface area contributed by atoms with Gasteiger partial charge in [0.15, 0.2) is 5.75 Å². The van der Waals surface area contributed by atoms with Gasteiger partial charge < -0.3 is 20.6 Å². The minimum absolute atomic E-state index is 0.0356. The number of H-pyrrole nitrogens is 1. The van der Waals surface area contributed by atoms with E-state index in [1.807, 2.05) is 37.3 Å². The number of benzene rings is 2. The number of carbonyl (C=O) groups excluding carboxylic acids is 1. The molecule has 1 amide bonds. The zero-order chi connectivity index (χ0) is 26.5. The Hall–Kier alpha value is -4.01. The predicted molar refractivity (Wildman–Crippen MR) is 146 cm³/mol. The van der Waals surface area contributed by atoms with Gasteiger partial charge in [-0.2, -0.15) is 0 Å². The lowest BCUT2D eigenvalue weighted by atomic mass is 9.95. The summed E-state index contributed by atoms with van der Waals surface area (Å²) in [5.74, 6) is -0.661. The van der Waals surface area contributed by atoms with Crippen LogP contribution in [0.25, 0.3) is 0 Å². The Morgan fingerprint density at radius 3 is 2.41 bits per heavy atom. The Kier molecular flexibility index (Phi) is 8.01. The van der Waals surface area contributed by atoms with E-state index in [1.54, 1.807) is 26.2 Å². The minimum atomic E-state index is -0.429. The van der Waals surface area contributed by atoms with Gasteiger partial charge >= 0.3 is 0 Å². The quantitative estimate of drug-likeness (QED) is 0.328. The number of rotatable bonds is 8. The molecule has 1 unspecified atom stereocenters. The second-order valence-corrected chi connectivity index (χ2v) is 9.70. The smallest absolute Gasteiger partial charge is 0.291 e. The summed E-state index contributed by atoms with van der Waals surface area (Å²) in [6, 6.07) is 14.1. The Morgan fingerprint density at radius 2 is 1.76 bits per heavy atom. The number of hydrogen-bond donors (Lipinski definition) is 4. The lowest BCUT2D eigenvalue weighted by Crippen LogP contribution is -2.37. The van der Waals surface area contributed by atoms with Gasteiger partial charge in [0.05, 0.1) is 23.3 Å². The van der Waals surface area contributed by atoms with Gasteiger partial charge in [-0.1, -0.05) is 62.6 Å². The fourth-order valence-electron chi connectivity index (χ4n) is 4.88. The number of anilines is 3. The molecule has 2 aromatic carbocycles. The first-order valence-electron chi connectivity index (χ1n) is 12.8. The third kappa shape index (κ3) is 5.55. The monoisotopic (exact) mass is 505 g/mol. The van der Waals surface area contributed by atoms with Crippen LogP contribution in [-0.2, 0) is 0 Å². The van der Waals surface area contributed by atoms with Crippen molar-refractivity contribution in [1.29, 1.82) is 0 Å². The molecule has 1 aliphatic carbocycles. The summed E-state index contributed by atoms with van der Waals surface area (Å²) in [6.07, 6.45) is 5.37. The summed E-state index contributed by atoms with van der Waals surface area (Å²) in [5.41, 5.74) is 0.556. The molecule has 4 N–H and O–H groups in total. The maximum Gasteiger partial charge on any atom is 0.291 e. The summed E-state index contributed by atoms with van der Waals surface area (Å²) in [5, 5.41) is 20.0. The molecule has 1 atom stereocenters. The van der Waals surface area contributed by atoms with Crippen molar-refractivity contribution in [3.63, 3.8) is 0 Å². The van der Waals surface area contributed by atoms with E-state index in [-0.39, 0.29) is 51.9 Å². The van der Waals surface area contributed by atoms with Crippen molar-refractivity contribution in [1.82, 2.24) is 14.7 Å². The van der Waals surface area contributed by atoms with Crippen LogP contribution in [0.3, 0.4) is 0 Å². The van der Waals surface area contributed by atoms with Crippen LogP contribution in [-0.4, -0.2) is 39.8 Å². The molecule has 0 spiro atoms. The third-order valence-electron chi connectivity index (χ3n) is 6.93. The highest BCUT2D eigenvalue weighted by molar-refractivity contribution is 5.98. The number of aromatic amines is 1. The highest BCUT2D eigenvalue weighted by Crippen LogP contribution is 2.33. The maximum absolute atomic E-state index is 13.8. The maximum atomic E-state index is 13.8. The number of aromatic hydroxyl groups is 1. The normalized spacial score (nSPS) is 14.7. The molecule has 1 heterocycles. The molecule has 196 valence electrons. The fourth-order valence-corrected chi connectivity index (χ4v) is 4.88. The molecular formula is C28H35N5O4. The molecular weight excluding hydrogens is 470 g/mol. The van der Waals surface area contributed by atoms with Gasteiger partial charge in [0, 0.05) is 14.1 Å². The van der Waals surface area contributed by atoms with Crippen molar-refractivity contribution < 1.29 is 9.90 Å². The first kappa shape index (κ1) is 26.1. The average Bonchev–Trinajstić information content (AvgIpc) is 2.91. The molecule has 3 aromatic rings. The van der Waals surface area contributed by atoms with Crippen LogP contribution in [0.5, 0.6) is 5.75 Å². The van der Waals surface area contributed by atoms with E-state index in [9.17, 15) is 19.5 Å². The number of para-hydroxylation sites is 1. The van der Waals surface area contributed by atoms with Crippen LogP contribution in [0.1, 0.15) is 73.5 Å². The van der Waals surface area contributed by atoms with Gasteiger partial charge in [0.25, 0.3) is 17.0 Å². The van der Waals surface area contributed by atoms with Crippen LogP contribution in [0.15, 0.2) is 58.1 Å². The molecule has 0 radical (unpaired) electrons. The first-order valence-corrected chi connectivity index (χ1v) is 12.8. The van der Waals surface area contributed by atoms with E-state index in [0.717, 1.165) is 37.7 Å².